The van der Waals surface area contributed by atoms with Crippen LogP contribution in [-0.2, 0) is 19.1 Å². The van der Waals surface area contributed by atoms with E-state index in [9.17, 15) is 14.4 Å². The molecule has 136 valence electrons. The van der Waals surface area contributed by atoms with E-state index in [1.54, 1.807) is 24.3 Å². The van der Waals surface area contributed by atoms with E-state index in [4.69, 9.17) is 14.3 Å². The number of fused-ring (bicyclic) bond motifs is 1. The highest BCUT2D eigenvalue weighted by atomic mass is 16.7. The van der Waals surface area contributed by atoms with Gasteiger partial charge in [-0.25, -0.2) is 4.79 Å². The third kappa shape index (κ3) is 1.82. The highest BCUT2D eigenvalue weighted by molar-refractivity contribution is 6.21. The van der Waals surface area contributed by atoms with Crippen molar-refractivity contribution in [1.29, 1.82) is 0 Å². The molecule has 26 heavy (non-hydrogen) atoms. The van der Waals surface area contributed by atoms with Crippen LogP contribution in [0.4, 0.5) is 0 Å². The summed E-state index contributed by atoms with van der Waals surface area (Å²) in [4.78, 5) is 43.5. The zero-order valence-corrected chi connectivity index (χ0v) is 14.4. The third-order valence-electron chi connectivity index (χ3n) is 6.29. The number of nitrogens with zero attached hydrogens (tertiary/aromatic N) is 1. The minimum Gasteiger partial charge on any atom is -0.381 e. The van der Waals surface area contributed by atoms with Crippen molar-refractivity contribution in [3.63, 3.8) is 0 Å². The lowest BCUT2D eigenvalue weighted by molar-refractivity contribution is -0.194. The number of carbonyl (C=O) groups excluding carboxylic acids is 3. The summed E-state index contributed by atoms with van der Waals surface area (Å²) < 4.78 is 11.7. The zero-order chi connectivity index (χ0) is 18.2. The lowest BCUT2D eigenvalue weighted by Crippen LogP contribution is -2.57. The van der Waals surface area contributed by atoms with Crippen molar-refractivity contribution < 1.29 is 28.7 Å². The quantitative estimate of drug-likeness (QED) is 0.752. The molecular formula is C19H19NO6. The zero-order valence-electron chi connectivity index (χ0n) is 14.4. The molecular weight excluding hydrogens is 338 g/mol. The minimum absolute atomic E-state index is 0.254. The molecule has 1 aromatic rings. The van der Waals surface area contributed by atoms with Gasteiger partial charge in [-0.15, -0.1) is 0 Å². The lowest BCUT2D eigenvalue weighted by Gasteiger charge is -2.46. The molecule has 2 amide bonds. The predicted molar refractivity (Wildman–Crippen MR) is 87.0 cm³/mol. The fraction of sp³-hybridized carbons (Fsp3) is 0.526. The van der Waals surface area contributed by atoms with Gasteiger partial charge in [0.2, 0.25) is 0 Å². The average Bonchev–Trinajstić information content (AvgIpc) is 3.10. The number of hydrogen-bond donors (Lipinski definition) is 0. The Labute approximate surface area is 150 Å². The molecule has 7 nitrogen and oxygen atoms in total. The van der Waals surface area contributed by atoms with Crippen LogP contribution in [0.5, 0.6) is 0 Å². The van der Waals surface area contributed by atoms with Crippen molar-refractivity contribution in [2.24, 2.45) is 5.41 Å². The maximum absolute atomic E-state index is 13.1. The summed E-state index contributed by atoms with van der Waals surface area (Å²) >= 11 is 0. The Kier molecular flexibility index (Phi) is 3.02. The molecule has 1 saturated carbocycles. The number of hydrogen-bond acceptors (Lipinski definition) is 6. The van der Waals surface area contributed by atoms with Gasteiger partial charge in [0.1, 0.15) is 5.41 Å². The lowest BCUT2D eigenvalue weighted by atomic mass is 9.55. The molecule has 7 heteroatoms. The first-order valence-corrected chi connectivity index (χ1v) is 8.88. The van der Waals surface area contributed by atoms with Crippen LogP contribution in [0.2, 0.25) is 0 Å². The van der Waals surface area contributed by atoms with Gasteiger partial charge in [0.05, 0.1) is 22.3 Å². The standard InChI is InChI=1S/C19H19NO6/c1-17-10-18(11-17,19(26-17)6-8-24-9-7-19)16(23)25-20-14(21)12-4-2-3-5-13(12)15(20)22/h2-5H,6-11H2,1H3. The van der Waals surface area contributed by atoms with Gasteiger partial charge in [-0.2, -0.15) is 0 Å². The van der Waals surface area contributed by atoms with E-state index in [1.165, 1.54) is 0 Å². The fourth-order valence-corrected chi connectivity index (χ4v) is 5.22. The Bertz CT molecular complexity index is 799. The van der Waals surface area contributed by atoms with Crippen LogP contribution < -0.4 is 0 Å². The average molecular weight is 357 g/mol. The SMILES string of the molecule is CC12CC(C(=O)ON3C(=O)c4ccccc4C3=O)(C1)C1(CCOCC1)O2. The summed E-state index contributed by atoms with van der Waals surface area (Å²) in [5.74, 6) is -1.75. The topological polar surface area (TPSA) is 82.1 Å². The van der Waals surface area contributed by atoms with Gasteiger partial charge in [0.25, 0.3) is 11.8 Å². The first-order valence-electron chi connectivity index (χ1n) is 8.88. The number of amides is 2. The van der Waals surface area contributed by atoms with Crippen molar-refractivity contribution >= 4 is 17.8 Å². The molecule has 0 atom stereocenters. The molecule has 1 aliphatic carbocycles. The summed E-state index contributed by atoms with van der Waals surface area (Å²) in [6, 6.07) is 6.46. The Morgan fingerprint density at radius 3 is 2.23 bits per heavy atom. The molecule has 4 heterocycles. The molecule has 3 saturated heterocycles. The van der Waals surface area contributed by atoms with Gasteiger partial charge >= 0.3 is 5.97 Å². The maximum Gasteiger partial charge on any atom is 0.342 e. The fourth-order valence-electron chi connectivity index (χ4n) is 5.22. The van der Waals surface area contributed by atoms with E-state index in [1.807, 2.05) is 6.92 Å². The van der Waals surface area contributed by atoms with Crippen molar-refractivity contribution in [2.45, 2.75) is 43.8 Å². The first-order chi connectivity index (χ1) is 12.4. The van der Waals surface area contributed by atoms with Gasteiger partial charge in [0, 0.05) is 26.1 Å². The van der Waals surface area contributed by atoms with Crippen LogP contribution in [0.15, 0.2) is 24.3 Å². The molecule has 5 aliphatic rings. The van der Waals surface area contributed by atoms with Gasteiger partial charge in [-0.05, 0) is 31.9 Å². The summed E-state index contributed by atoms with van der Waals surface area (Å²) in [7, 11) is 0. The van der Waals surface area contributed by atoms with Crippen LogP contribution in [0, 0.1) is 5.41 Å². The normalized spacial score (nSPS) is 34.0. The number of carbonyl (C=O) groups is 3. The number of imide groups is 1. The van der Waals surface area contributed by atoms with E-state index in [0.29, 0.717) is 44.0 Å². The number of hydroxylamine groups is 2. The van der Waals surface area contributed by atoms with Crippen molar-refractivity contribution in [1.82, 2.24) is 5.06 Å². The summed E-state index contributed by atoms with van der Waals surface area (Å²) in [6.45, 7) is 3.04. The van der Waals surface area contributed by atoms with Gasteiger partial charge in [0.15, 0.2) is 0 Å². The number of rotatable bonds is 2. The second-order valence-corrected chi connectivity index (χ2v) is 7.92. The molecule has 0 unspecified atom stereocenters. The molecule has 1 aromatic carbocycles. The largest absolute Gasteiger partial charge is 0.381 e. The van der Waals surface area contributed by atoms with Crippen LogP contribution in [0.3, 0.4) is 0 Å². The summed E-state index contributed by atoms with van der Waals surface area (Å²) in [5, 5.41) is 0.600. The Hall–Kier alpha value is -2.25. The second-order valence-electron chi connectivity index (χ2n) is 7.92. The highest BCUT2D eigenvalue weighted by Crippen LogP contribution is 2.69. The molecule has 0 N–H and O–H groups in total. The van der Waals surface area contributed by atoms with E-state index in [2.05, 4.69) is 0 Å². The Morgan fingerprint density at radius 1 is 1.08 bits per heavy atom. The molecule has 1 spiro atoms. The summed E-state index contributed by atoms with van der Waals surface area (Å²) in [6.07, 6.45) is 2.31. The van der Waals surface area contributed by atoms with Crippen molar-refractivity contribution in [2.75, 3.05) is 13.2 Å². The van der Waals surface area contributed by atoms with Crippen LogP contribution in [-0.4, -0.2) is 47.3 Å². The molecule has 0 radical (unpaired) electrons. The van der Waals surface area contributed by atoms with Gasteiger partial charge in [-0.3, -0.25) is 9.59 Å². The smallest absolute Gasteiger partial charge is 0.342 e. The van der Waals surface area contributed by atoms with Crippen molar-refractivity contribution in [3.05, 3.63) is 35.4 Å². The van der Waals surface area contributed by atoms with E-state index in [-0.39, 0.29) is 16.7 Å². The molecule has 0 aromatic heterocycles. The van der Waals surface area contributed by atoms with Crippen molar-refractivity contribution in [3.8, 4) is 0 Å². The van der Waals surface area contributed by atoms with Crippen LogP contribution in [0.25, 0.3) is 0 Å². The second kappa shape index (κ2) is 4.92. The Balaban J connectivity index is 1.43. The monoisotopic (exact) mass is 357 g/mol. The Morgan fingerprint density at radius 2 is 1.65 bits per heavy atom. The van der Waals surface area contributed by atoms with Gasteiger partial charge < -0.3 is 14.3 Å². The van der Waals surface area contributed by atoms with E-state index < -0.39 is 28.8 Å². The maximum atomic E-state index is 13.1. The molecule has 4 aliphatic heterocycles. The van der Waals surface area contributed by atoms with Gasteiger partial charge in [-0.1, -0.05) is 17.2 Å². The third-order valence-corrected chi connectivity index (χ3v) is 6.29. The predicted octanol–water partition coefficient (Wildman–Crippen LogP) is 1.86. The first kappa shape index (κ1) is 16.0. The van der Waals surface area contributed by atoms with E-state index >= 15 is 0 Å². The number of benzene rings is 1. The molecule has 4 fully saturated rings. The molecule has 2 bridgehead atoms. The summed E-state index contributed by atoms with van der Waals surface area (Å²) in [5.41, 5.74) is -1.29. The minimum atomic E-state index is -0.819. The van der Waals surface area contributed by atoms with Crippen LogP contribution in [0.1, 0.15) is 53.3 Å². The number of ether oxygens (including phenoxy) is 2. The van der Waals surface area contributed by atoms with E-state index in [0.717, 1.165) is 0 Å². The van der Waals surface area contributed by atoms with Crippen LogP contribution >= 0.6 is 0 Å². The highest BCUT2D eigenvalue weighted by Gasteiger charge is 2.77. The molecule has 6 rings (SSSR count).